The summed E-state index contributed by atoms with van der Waals surface area (Å²) in [5, 5.41) is 2.96. The van der Waals surface area contributed by atoms with Crippen molar-refractivity contribution in [1.29, 1.82) is 0 Å². The summed E-state index contributed by atoms with van der Waals surface area (Å²) in [6, 6.07) is 4.50. The predicted octanol–water partition coefficient (Wildman–Crippen LogP) is 2.65. The van der Waals surface area contributed by atoms with Gasteiger partial charge in [0.25, 0.3) is 0 Å². The van der Waals surface area contributed by atoms with E-state index in [4.69, 9.17) is 16.3 Å². The molecule has 0 spiro atoms. The molecular formula is C15H17ClFNO3. The first-order valence-electron chi connectivity index (χ1n) is 6.85. The van der Waals surface area contributed by atoms with E-state index in [0.717, 1.165) is 0 Å². The maximum Gasteiger partial charge on any atom is 0.309 e. The monoisotopic (exact) mass is 313 g/mol. The average molecular weight is 314 g/mol. The molecule has 1 fully saturated rings. The van der Waals surface area contributed by atoms with Crippen molar-refractivity contribution in [3.05, 3.63) is 34.6 Å². The molecule has 0 bridgehead atoms. The molecule has 1 N–H and O–H groups in total. The third-order valence-electron chi connectivity index (χ3n) is 3.40. The number of ether oxygens (including phenoxy) is 1. The quantitative estimate of drug-likeness (QED) is 0.649. The number of esters is 1. The van der Waals surface area contributed by atoms with Gasteiger partial charge in [-0.3, -0.25) is 9.59 Å². The van der Waals surface area contributed by atoms with Crippen molar-refractivity contribution >= 4 is 23.5 Å². The van der Waals surface area contributed by atoms with Crippen LogP contribution in [0.5, 0.6) is 0 Å². The van der Waals surface area contributed by atoms with Gasteiger partial charge in [0.1, 0.15) is 5.82 Å². The number of nitrogens with one attached hydrogen (secondary N) is 1. The Morgan fingerprint density at radius 2 is 2.24 bits per heavy atom. The molecule has 0 aromatic heterocycles. The number of benzene rings is 1. The molecule has 4 nitrogen and oxygen atoms in total. The van der Waals surface area contributed by atoms with E-state index in [0.29, 0.717) is 30.0 Å². The summed E-state index contributed by atoms with van der Waals surface area (Å²) in [5.74, 6) is -1.34. The molecule has 2 rings (SSSR count). The summed E-state index contributed by atoms with van der Waals surface area (Å²) in [5.41, 5.74) is 0.402. The summed E-state index contributed by atoms with van der Waals surface area (Å²) in [6.45, 7) is 2.14. The summed E-state index contributed by atoms with van der Waals surface area (Å²) in [6.07, 6.45) is 1.12. The zero-order chi connectivity index (χ0) is 15.4. The van der Waals surface area contributed by atoms with Crippen molar-refractivity contribution < 1.29 is 18.7 Å². The highest BCUT2D eigenvalue weighted by Crippen LogP contribution is 2.51. The van der Waals surface area contributed by atoms with E-state index in [1.165, 1.54) is 13.0 Å². The second-order valence-corrected chi connectivity index (χ2v) is 5.50. The lowest BCUT2D eigenvalue weighted by atomic mass is 10.1. The highest BCUT2D eigenvalue weighted by Gasteiger charge is 2.47. The van der Waals surface area contributed by atoms with Crippen molar-refractivity contribution in [3.63, 3.8) is 0 Å². The Morgan fingerprint density at radius 3 is 2.90 bits per heavy atom. The fraction of sp³-hybridized carbons (Fsp3) is 0.467. The van der Waals surface area contributed by atoms with Gasteiger partial charge in [0.15, 0.2) is 0 Å². The number of halogens is 2. The van der Waals surface area contributed by atoms with Gasteiger partial charge < -0.3 is 10.1 Å². The van der Waals surface area contributed by atoms with E-state index in [9.17, 15) is 14.0 Å². The van der Waals surface area contributed by atoms with Crippen LogP contribution in [-0.2, 0) is 14.3 Å². The molecule has 1 aliphatic carbocycles. The van der Waals surface area contributed by atoms with Crippen LogP contribution >= 0.6 is 11.6 Å². The standard InChI is InChI=1S/C15H17ClFNO3/c1-9(19)18-6-3-7-21-15(20)11-8-10(11)14-12(16)4-2-5-13(14)17/h2,4-5,10-11H,3,6-8H2,1H3,(H,18,19)/t10-,11-/m1/s1. The molecule has 21 heavy (non-hydrogen) atoms. The smallest absolute Gasteiger partial charge is 0.309 e. The fourth-order valence-electron chi connectivity index (χ4n) is 2.26. The van der Waals surface area contributed by atoms with Gasteiger partial charge in [0, 0.05) is 30.0 Å². The van der Waals surface area contributed by atoms with Gasteiger partial charge in [0.05, 0.1) is 12.5 Å². The number of amides is 1. The molecule has 0 unspecified atom stereocenters. The van der Waals surface area contributed by atoms with Crippen molar-refractivity contribution in [2.75, 3.05) is 13.2 Å². The highest BCUT2D eigenvalue weighted by molar-refractivity contribution is 6.31. The van der Waals surface area contributed by atoms with Crippen molar-refractivity contribution in [2.45, 2.75) is 25.7 Å². The lowest BCUT2D eigenvalue weighted by Gasteiger charge is -2.06. The predicted molar refractivity (Wildman–Crippen MR) is 76.5 cm³/mol. The Hall–Kier alpha value is -1.62. The Balaban J connectivity index is 1.78. The van der Waals surface area contributed by atoms with Crippen LogP contribution in [0.2, 0.25) is 5.02 Å². The highest BCUT2D eigenvalue weighted by atomic mass is 35.5. The van der Waals surface area contributed by atoms with E-state index in [2.05, 4.69) is 5.32 Å². The first-order chi connectivity index (χ1) is 10.0. The maximum atomic E-state index is 13.7. The largest absolute Gasteiger partial charge is 0.465 e. The third-order valence-corrected chi connectivity index (χ3v) is 3.73. The van der Waals surface area contributed by atoms with Crippen molar-refractivity contribution in [1.82, 2.24) is 5.32 Å². The molecule has 1 aromatic rings. The minimum Gasteiger partial charge on any atom is -0.465 e. The van der Waals surface area contributed by atoms with Crippen LogP contribution in [0.1, 0.15) is 31.2 Å². The molecule has 1 amide bonds. The molecule has 114 valence electrons. The van der Waals surface area contributed by atoms with E-state index in [-0.39, 0.29) is 36.1 Å². The Kier molecular flexibility index (Phi) is 5.17. The van der Waals surface area contributed by atoms with E-state index in [1.807, 2.05) is 0 Å². The number of hydrogen-bond acceptors (Lipinski definition) is 3. The SMILES string of the molecule is CC(=O)NCCCOC(=O)[C@@H]1C[C@H]1c1c(F)cccc1Cl. The zero-order valence-corrected chi connectivity index (χ0v) is 12.5. The second-order valence-electron chi connectivity index (χ2n) is 5.09. The van der Waals surface area contributed by atoms with Crippen molar-refractivity contribution in [2.24, 2.45) is 5.92 Å². The molecule has 2 atom stereocenters. The normalized spacial score (nSPS) is 20.0. The van der Waals surface area contributed by atoms with Crippen LogP contribution in [0.3, 0.4) is 0 Å². The van der Waals surface area contributed by atoms with Crippen LogP contribution in [0.4, 0.5) is 4.39 Å². The first-order valence-corrected chi connectivity index (χ1v) is 7.23. The Bertz CT molecular complexity index is 529. The van der Waals surface area contributed by atoms with Crippen LogP contribution in [-0.4, -0.2) is 25.0 Å². The van der Waals surface area contributed by atoms with Gasteiger partial charge in [-0.2, -0.15) is 0 Å². The molecule has 0 saturated heterocycles. The summed E-state index contributed by atoms with van der Waals surface area (Å²) in [7, 11) is 0. The Morgan fingerprint density at radius 1 is 1.48 bits per heavy atom. The lowest BCUT2D eigenvalue weighted by Crippen LogP contribution is -2.22. The zero-order valence-electron chi connectivity index (χ0n) is 11.7. The van der Waals surface area contributed by atoms with Gasteiger partial charge in [-0.05, 0) is 25.0 Å². The second kappa shape index (κ2) is 6.89. The molecule has 6 heteroatoms. The van der Waals surface area contributed by atoms with Gasteiger partial charge in [0.2, 0.25) is 5.91 Å². The third kappa shape index (κ3) is 4.17. The lowest BCUT2D eigenvalue weighted by molar-refractivity contribution is -0.145. The summed E-state index contributed by atoms with van der Waals surface area (Å²) in [4.78, 5) is 22.5. The van der Waals surface area contributed by atoms with Gasteiger partial charge in [-0.25, -0.2) is 4.39 Å². The van der Waals surface area contributed by atoms with Crippen LogP contribution in [0, 0.1) is 11.7 Å². The minimum absolute atomic E-state index is 0.113. The molecule has 1 aliphatic rings. The molecule has 1 aromatic carbocycles. The number of rotatable bonds is 6. The van der Waals surface area contributed by atoms with Gasteiger partial charge in [-0.15, -0.1) is 0 Å². The summed E-state index contributed by atoms with van der Waals surface area (Å²) < 4.78 is 18.9. The van der Waals surface area contributed by atoms with Crippen LogP contribution < -0.4 is 5.32 Å². The minimum atomic E-state index is -0.381. The van der Waals surface area contributed by atoms with E-state index in [1.54, 1.807) is 12.1 Å². The number of hydrogen-bond donors (Lipinski definition) is 1. The Labute approximate surface area is 127 Å². The topological polar surface area (TPSA) is 55.4 Å². The molecule has 0 radical (unpaired) electrons. The molecular weight excluding hydrogens is 297 g/mol. The van der Waals surface area contributed by atoms with Gasteiger partial charge >= 0.3 is 5.97 Å². The summed E-state index contributed by atoms with van der Waals surface area (Å²) >= 11 is 5.98. The van der Waals surface area contributed by atoms with Gasteiger partial charge in [-0.1, -0.05) is 17.7 Å². The van der Waals surface area contributed by atoms with Crippen LogP contribution in [0.25, 0.3) is 0 Å². The van der Waals surface area contributed by atoms with E-state index >= 15 is 0 Å². The van der Waals surface area contributed by atoms with Crippen molar-refractivity contribution in [3.8, 4) is 0 Å². The number of carbonyl (C=O) groups excluding carboxylic acids is 2. The fourth-order valence-corrected chi connectivity index (χ4v) is 2.56. The molecule has 1 saturated carbocycles. The van der Waals surface area contributed by atoms with E-state index < -0.39 is 0 Å². The average Bonchev–Trinajstić information content (AvgIpc) is 3.18. The maximum absolute atomic E-state index is 13.7. The molecule has 0 heterocycles. The number of carbonyl (C=O) groups is 2. The molecule has 0 aliphatic heterocycles. The van der Waals surface area contributed by atoms with Crippen LogP contribution in [0.15, 0.2) is 18.2 Å². The first kappa shape index (κ1) is 15.8.